The maximum absolute atomic E-state index is 15.2. The SMILES string of the molecule is CCCCC1CCC(CCc2ccc3c(F)c(CCc4ccc(C(F)(F)F)c(F)c4)ccc3c2)CC1. The molecule has 0 aliphatic heterocycles. The summed E-state index contributed by atoms with van der Waals surface area (Å²) in [6.45, 7) is 2.26. The van der Waals surface area contributed by atoms with Crippen LogP contribution < -0.4 is 0 Å². The van der Waals surface area contributed by atoms with Crippen LogP contribution in [0.15, 0.2) is 48.5 Å². The Morgan fingerprint density at radius 3 is 2.08 bits per heavy atom. The van der Waals surface area contributed by atoms with Gasteiger partial charge in [-0.1, -0.05) is 88.3 Å². The molecule has 0 atom stereocenters. The highest BCUT2D eigenvalue weighted by Crippen LogP contribution is 2.35. The molecule has 1 fully saturated rings. The number of hydrogen-bond acceptors (Lipinski definition) is 0. The van der Waals surface area contributed by atoms with Crippen molar-refractivity contribution in [2.75, 3.05) is 0 Å². The quantitative estimate of drug-likeness (QED) is 0.255. The second-order valence-electron chi connectivity index (χ2n) is 10.5. The zero-order valence-electron chi connectivity index (χ0n) is 20.9. The van der Waals surface area contributed by atoms with Gasteiger partial charge in [0, 0.05) is 5.39 Å². The van der Waals surface area contributed by atoms with Crippen LogP contribution in [0.25, 0.3) is 10.8 Å². The Morgan fingerprint density at radius 2 is 1.42 bits per heavy atom. The topological polar surface area (TPSA) is 0 Å². The maximum atomic E-state index is 15.2. The van der Waals surface area contributed by atoms with Crippen LogP contribution in [0.1, 0.15) is 80.5 Å². The highest BCUT2D eigenvalue weighted by atomic mass is 19.4. The molecule has 0 saturated heterocycles. The molecular formula is C31H35F5. The summed E-state index contributed by atoms with van der Waals surface area (Å²) in [4.78, 5) is 0. The molecular weight excluding hydrogens is 467 g/mol. The Kier molecular flexibility index (Phi) is 8.69. The molecule has 4 rings (SSSR count). The van der Waals surface area contributed by atoms with Gasteiger partial charge in [-0.15, -0.1) is 0 Å². The first-order valence-electron chi connectivity index (χ1n) is 13.3. The van der Waals surface area contributed by atoms with E-state index in [4.69, 9.17) is 0 Å². The van der Waals surface area contributed by atoms with Crippen molar-refractivity contribution in [2.24, 2.45) is 11.8 Å². The Labute approximate surface area is 210 Å². The molecule has 1 aliphatic carbocycles. The van der Waals surface area contributed by atoms with Crippen LogP contribution >= 0.6 is 0 Å². The van der Waals surface area contributed by atoms with Crippen molar-refractivity contribution in [3.63, 3.8) is 0 Å². The molecule has 0 bridgehead atoms. The van der Waals surface area contributed by atoms with Crippen molar-refractivity contribution in [1.29, 1.82) is 0 Å². The van der Waals surface area contributed by atoms with E-state index in [0.717, 1.165) is 35.8 Å². The number of benzene rings is 3. The molecule has 0 aromatic heterocycles. The summed E-state index contributed by atoms with van der Waals surface area (Å²) in [5, 5.41) is 1.41. The standard InChI is InChI=1S/C31H35F5/c1-2-3-4-21-5-7-22(8-6-21)9-10-23-12-17-27-26(19-23)16-15-25(30(27)33)14-11-24-13-18-28(29(32)20-24)31(34,35)36/h12-13,15-22H,2-11,14H2,1H3. The normalized spacial score (nSPS) is 18.6. The molecule has 1 saturated carbocycles. The molecule has 36 heavy (non-hydrogen) atoms. The van der Waals surface area contributed by atoms with E-state index < -0.39 is 17.6 Å². The van der Waals surface area contributed by atoms with E-state index in [1.54, 1.807) is 6.07 Å². The van der Waals surface area contributed by atoms with Crippen LogP contribution in [0.3, 0.4) is 0 Å². The van der Waals surface area contributed by atoms with Gasteiger partial charge in [0.1, 0.15) is 11.6 Å². The first kappa shape index (κ1) is 26.6. The molecule has 3 aromatic rings. The van der Waals surface area contributed by atoms with Crippen molar-refractivity contribution in [3.8, 4) is 0 Å². The van der Waals surface area contributed by atoms with Crippen molar-refractivity contribution >= 4 is 10.8 Å². The highest BCUT2D eigenvalue weighted by Gasteiger charge is 2.33. The maximum Gasteiger partial charge on any atom is 0.419 e. The van der Waals surface area contributed by atoms with Crippen LogP contribution in [0.4, 0.5) is 22.0 Å². The van der Waals surface area contributed by atoms with E-state index in [1.165, 1.54) is 63.0 Å². The largest absolute Gasteiger partial charge is 0.419 e. The summed E-state index contributed by atoms with van der Waals surface area (Å²) in [6, 6.07) is 12.5. The fraction of sp³-hybridized carbons (Fsp3) is 0.484. The fourth-order valence-electron chi connectivity index (χ4n) is 5.63. The molecule has 3 aromatic carbocycles. The van der Waals surface area contributed by atoms with E-state index in [-0.39, 0.29) is 18.7 Å². The lowest BCUT2D eigenvalue weighted by molar-refractivity contribution is -0.140. The number of rotatable bonds is 9. The average Bonchev–Trinajstić information content (AvgIpc) is 2.85. The molecule has 0 radical (unpaired) electrons. The van der Waals surface area contributed by atoms with Gasteiger partial charge in [0.25, 0.3) is 0 Å². The Balaban J connectivity index is 1.35. The van der Waals surface area contributed by atoms with Crippen molar-refractivity contribution in [3.05, 3.63) is 82.4 Å². The highest BCUT2D eigenvalue weighted by molar-refractivity contribution is 5.84. The van der Waals surface area contributed by atoms with Gasteiger partial charge in [0.2, 0.25) is 0 Å². The third-order valence-electron chi connectivity index (χ3n) is 7.89. The van der Waals surface area contributed by atoms with E-state index in [2.05, 4.69) is 13.0 Å². The van der Waals surface area contributed by atoms with Crippen molar-refractivity contribution < 1.29 is 22.0 Å². The number of hydrogen-bond donors (Lipinski definition) is 0. The third kappa shape index (κ3) is 6.66. The molecule has 0 heterocycles. The van der Waals surface area contributed by atoms with E-state index in [9.17, 15) is 17.6 Å². The van der Waals surface area contributed by atoms with Crippen LogP contribution in [-0.4, -0.2) is 0 Å². The number of alkyl halides is 3. The predicted molar refractivity (Wildman–Crippen MR) is 136 cm³/mol. The van der Waals surface area contributed by atoms with Gasteiger partial charge in [-0.2, -0.15) is 13.2 Å². The Bertz CT molecular complexity index is 1160. The summed E-state index contributed by atoms with van der Waals surface area (Å²) in [7, 11) is 0. The predicted octanol–water partition coefficient (Wildman–Crippen LogP) is 9.85. The van der Waals surface area contributed by atoms with Gasteiger partial charge in [-0.05, 0) is 71.7 Å². The molecule has 0 amide bonds. The molecule has 0 nitrogen and oxygen atoms in total. The minimum Gasteiger partial charge on any atom is -0.206 e. The fourth-order valence-corrected chi connectivity index (χ4v) is 5.63. The molecule has 0 spiro atoms. The summed E-state index contributed by atoms with van der Waals surface area (Å²) in [5.41, 5.74) is 0.840. The van der Waals surface area contributed by atoms with Gasteiger partial charge in [-0.3, -0.25) is 0 Å². The summed E-state index contributed by atoms with van der Waals surface area (Å²) in [6.07, 6.45) is 7.37. The zero-order valence-corrected chi connectivity index (χ0v) is 20.9. The smallest absolute Gasteiger partial charge is 0.206 e. The second kappa shape index (κ2) is 11.7. The third-order valence-corrected chi connectivity index (χ3v) is 7.89. The Hall–Kier alpha value is -2.43. The zero-order chi connectivity index (χ0) is 25.7. The van der Waals surface area contributed by atoms with E-state index in [0.29, 0.717) is 16.5 Å². The van der Waals surface area contributed by atoms with Gasteiger partial charge >= 0.3 is 6.18 Å². The first-order chi connectivity index (χ1) is 17.2. The number of unbranched alkanes of at least 4 members (excludes halogenated alkanes) is 1. The van der Waals surface area contributed by atoms with Gasteiger partial charge < -0.3 is 0 Å². The number of fused-ring (bicyclic) bond motifs is 1. The van der Waals surface area contributed by atoms with E-state index in [1.807, 2.05) is 18.2 Å². The Morgan fingerprint density at radius 1 is 0.750 bits per heavy atom. The lowest BCUT2D eigenvalue weighted by Crippen LogP contribution is -2.15. The molecule has 194 valence electrons. The summed E-state index contributed by atoms with van der Waals surface area (Å²) < 4.78 is 67.3. The summed E-state index contributed by atoms with van der Waals surface area (Å²) in [5.74, 6) is 0.0953. The minimum atomic E-state index is -4.72. The van der Waals surface area contributed by atoms with Crippen LogP contribution in [0, 0.1) is 23.5 Å². The summed E-state index contributed by atoms with van der Waals surface area (Å²) >= 11 is 0. The lowest BCUT2D eigenvalue weighted by Gasteiger charge is -2.28. The number of halogens is 5. The minimum absolute atomic E-state index is 0.260. The van der Waals surface area contributed by atoms with Crippen LogP contribution in [-0.2, 0) is 25.4 Å². The average molecular weight is 503 g/mol. The van der Waals surface area contributed by atoms with Gasteiger partial charge in [0.05, 0.1) is 5.56 Å². The number of aryl methyl sites for hydroxylation is 3. The van der Waals surface area contributed by atoms with Crippen molar-refractivity contribution in [2.45, 2.75) is 83.7 Å². The van der Waals surface area contributed by atoms with Crippen LogP contribution in [0.2, 0.25) is 0 Å². The van der Waals surface area contributed by atoms with Crippen molar-refractivity contribution in [1.82, 2.24) is 0 Å². The molecule has 0 N–H and O–H groups in total. The van der Waals surface area contributed by atoms with Gasteiger partial charge in [0.15, 0.2) is 0 Å². The lowest BCUT2D eigenvalue weighted by atomic mass is 9.78. The molecule has 0 unspecified atom stereocenters. The second-order valence-corrected chi connectivity index (χ2v) is 10.5. The van der Waals surface area contributed by atoms with Gasteiger partial charge in [-0.25, -0.2) is 8.78 Å². The van der Waals surface area contributed by atoms with E-state index >= 15 is 4.39 Å². The monoisotopic (exact) mass is 502 g/mol. The van der Waals surface area contributed by atoms with Crippen LogP contribution in [0.5, 0.6) is 0 Å². The molecule has 1 aliphatic rings. The molecule has 5 heteroatoms. The first-order valence-corrected chi connectivity index (χ1v) is 13.3.